The third-order valence-electron chi connectivity index (χ3n) is 6.86. The summed E-state index contributed by atoms with van der Waals surface area (Å²) in [5, 5.41) is 4.07. The average molecular weight is 403 g/mol. The fourth-order valence-electron chi connectivity index (χ4n) is 5.05. The molecule has 0 atom stereocenters. The third kappa shape index (κ3) is 3.57. The SMILES string of the molecule is C1=CC2=C(CC1)CCc1c2ccc2cc(C3CC3)ccc12.c1cnc2cnccc2c1. The molecule has 3 aliphatic rings. The lowest BCUT2D eigenvalue weighted by molar-refractivity contribution is 0.831. The van der Waals surface area contributed by atoms with E-state index >= 15 is 0 Å². The molecule has 1 saturated carbocycles. The smallest absolute Gasteiger partial charge is 0.0885 e. The number of pyridine rings is 2. The van der Waals surface area contributed by atoms with E-state index in [9.17, 15) is 0 Å². The van der Waals surface area contributed by atoms with Gasteiger partial charge >= 0.3 is 0 Å². The Bertz CT molecular complexity index is 1280. The van der Waals surface area contributed by atoms with Crippen LogP contribution < -0.4 is 0 Å². The van der Waals surface area contributed by atoms with Crippen molar-refractivity contribution >= 4 is 27.2 Å². The molecule has 2 nitrogen and oxygen atoms in total. The van der Waals surface area contributed by atoms with Crippen LogP contribution in [0, 0.1) is 0 Å². The summed E-state index contributed by atoms with van der Waals surface area (Å²) in [6, 6.07) is 17.8. The first-order chi connectivity index (χ1) is 15.4. The Balaban J connectivity index is 0.000000156. The minimum atomic E-state index is 0.848. The highest BCUT2D eigenvalue weighted by molar-refractivity contribution is 5.94. The van der Waals surface area contributed by atoms with Crippen molar-refractivity contribution in [2.24, 2.45) is 0 Å². The summed E-state index contributed by atoms with van der Waals surface area (Å²) in [6.45, 7) is 0. The van der Waals surface area contributed by atoms with Crippen LogP contribution in [0.2, 0.25) is 0 Å². The van der Waals surface area contributed by atoms with Gasteiger partial charge in [0.1, 0.15) is 0 Å². The van der Waals surface area contributed by atoms with Crippen LogP contribution in [0.1, 0.15) is 54.7 Å². The number of aromatic nitrogens is 2. The van der Waals surface area contributed by atoms with Crippen LogP contribution in [0.4, 0.5) is 0 Å². The topological polar surface area (TPSA) is 25.8 Å². The Morgan fingerprint density at radius 1 is 0.839 bits per heavy atom. The predicted octanol–water partition coefficient (Wildman–Crippen LogP) is 7.40. The molecular weight excluding hydrogens is 376 g/mol. The number of allylic oxidation sites excluding steroid dienone is 4. The minimum absolute atomic E-state index is 0.848. The molecule has 0 N–H and O–H groups in total. The highest BCUT2D eigenvalue weighted by Crippen LogP contribution is 2.43. The van der Waals surface area contributed by atoms with E-state index in [2.05, 4.69) is 52.5 Å². The summed E-state index contributed by atoms with van der Waals surface area (Å²) < 4.78 is 0. The molecule has 152 valence electrons. The number of fused-ring (bicyclic) bond motifs is 5. The van der Waals surface area contributed by atoms with E-state index in [4.69, 9.17) is 0 Å². The number of rotatable bonds is 1. The predicted molar refractivity (Wildman–Crippen MR) is 129 cm³/mol. The Hall–Kier alpha value is -3.26. The van der Waals surface area contributed by atoms with E-state index in [1.54, 1.807) is 35.3 Å². The highest BCUT2D eigenvalue weighted by Gasteiger charge is 2.24. The van der Waals surface area contributed by atoms with Crippen LogP contribution in [-0.2, 0) is 6.42 Å². The number of hydrogen-bond donors (Lipinski definition) is 0. The molecule has 3 aliphatic carbocycles. The van der Waals surface area contributed by atoms with Crippen molar-refractivity contribution in [1.82, 2.24) is 9.97 Å². The largest absolute Gasteiger partial charge is 0.262 e. The first-order valence-electron chi connectivity index (χ1n) is 11.5. The van der Waals surface area contributed by atoms with Gasteiger partial charge in [0.05, 0.1) is 11.7 Å². The monoisotopic (exact) mass is 402 g/mol. The van der Waals surface area contributed by atoms with Crippen molar-refractivity contribution in [3.63, 3.8) is 0 Å². The number of benzene rings is 2. The van der Waals surface area contributed by atoms with Crippen LogP contribution in [0.15, 0.2) is 84.8 Å². The summed E-state index contributed by atoms with van der Waals surface area (Å²) in [5.74, 6) is 0.848. The van der Waals surface area contributed by atoms with Gasteiger partial charge in [-0.2, -0.15) is 0 Å². The van der Waals surface area contributed by atoms with Crippen molar-refractivity contribution in [2.75, 3.05) is 0 Å². The van der Waals surface area contributed by atoms with E-state index in [0.29, 0.717) is 0 Å². The lowest BCUT2D eigenvalue weighted by Gasteiger charge is -2.25. The van der Waals surface area contributed by atoms with Gasteiger partial charge in [-0.15, -0.1) is 0 Å². The van der Waals surface area contributed by atoms with Crippen LogP contribution in [-0.4, -0.2) is 9.97 Å². The maximum Gasteiger partial charge on any atom is 0.0885 e. The van der Waals surface area contributed by atoms with Gasteiger partial charge in [-0.3, -0.25) is 9.97 Å². The molecule has 2 aromatic heterocycles. The average Bonchev–Trinajstić information content (AvgIpc) is 3.69. The Morgan fingerprint density at radius 2 is 1.81 bits per heavy atom. The lowest BCUT2D eigenvalue weighted by atomic mass is 9.79. The van der Waals surface area contributed by atoms with Crippen molar-refractivity contribution in [3.8, 4) is 0 Å². The Kier molecular flexibility index (Phi) is 4.64. The summed E-state index contributed by atoms with van der Waals surface area (Å²) in [5.41, 5.74) is 8.79. The maximum absolute atomic E-state index is 4.12. The first-order valence-corrected chi connectivity index (χ1v) is 11.5. The van der Waals surface area contributed by atoms with Gasteiger partial charge in [0, 0.05) is 17.8 Å². The van der Waals surface area contributed by atoms with Gasteiger partial charge in [-0.25, -0.2) is 0 Å². The number of aryl methyl sites for hydroxylation is 1. The van der Waals surface area contributed by atoms with E-state index < -0.39 is 0 Å². The van der Waals surface area contributed by atoms with Gasteiger partial charge in [0.15, 0.2) is 0 Å². The summed E-state index contributed by atoms with van der Waals surface area (Å²) in [4.78, 5) is 8.07. The van der Waals surface area contributed by atoms with Gasteiger partial charge in [-0.1, -0.05) is 54.1 Å². The molecule has 2 aromatic carbocycles. The molecule has 0 saturated heterocycles. The fourth-order valence-corrected chi connectivity index (χ4v) is 5.05. The summed E-state index contributed by atoms with van der Waals surface area (Å²) in [6.07, 6.45) is 17.8. The van der Waals surface area contributed by atoms with E-state index in [-0.39, 0.29) is 0 Å². The molecular formula is C29H26N2. The normalized spacial score (nSPS) is 17.2. The minimum Gasteiger partial charge on any atom is -0.262 e. The van der Waals surface area contributed by atoms with Crippen LogP contribution >= 0.6 is 0 Å². The molecule has 31 heavy (non-hydrogen) atoms. The molecule has 0 amide bonds. The van der Waals surface area contributed by atoms with Crippen molar-refractivity contribution in [1.29, 1.82) is 0 Å². The zero-order chi connectivity index (χ0) is 20.6. The number of nitrogens with zero attached hydrogens (tertiary/aromatic N) is 2. The fraction of sp³-hybridized carbons (Fsp3) is 0.241. The molecule has 7 rings (SSSR count). The highest BCUT2D eigenvalue weighted by atomic mass is 14.7. The standard InChI is InChI=1S/C21H20.C8H6N2/c1-2-4-18-15(3-1)7-11-21-19-10-8-16(14-5-6-14)13-17(19)9-12-20(18)21;1-2-7-3-5-9-6-8(7)10-4-1/h2,4,8-10,12-14H,1,3,5-7,11H2;1-6H. The molecule has 0 aliphatic heterocycles. The summed E-state index contributed by atoms with van der Waals surface area (Å²) >= 11 is 0. The molecule has 1 fully saturated rings. The van der Waals surface area contributed by atoms with E-state index in [1.807, 2.05) is 18.2 Å². The summed E-state index contributed by atoms with van der Waals surface area (Å²) in [7, 11) is 0. The Labute approximate surface area is 183 Å². The van der Waals surface area contributed by atoms with Gasteiger partial charge in [0.25, 0.3) is 0 Å². The molecule has 4 aromatic rings. The van der Waals surface area contributed by atoms with Crippen LogP contribution in [0.25, 0.3) is 27.2 Å². The quantitative estimate of drug-likeness (QED) is 0.331. The second-order valence-corrected chi connectivity index (χ2v) is 8.88. The molecule has 0 spiro atoms. The van der Waals surface area contributed by atoms with Gasteiger partial charge in [0.2, 0.25) is 0 Å². The molecule has 0 bridgehead atoms. The molecule has 0 unspecified atom stereocenters. The molecule has 2 heterocycles. The van der Waals surface area contributed by atoms with E-state index in [1.165, 1.54) is 60.4 Å². The Morgan fingerprint density at radius 3 is 2.71 bits per heavy atom. The van der Waals surface area contributed by atoms with Crippen molar-refractivity contribution in [2.45, 2.75) is 44.4 Å². The second-order valence-electron chi connectivity index (χ2n) is 8.88. The lowest BCUT2D eigenvalue weighted by Crippen LogP contribution is -2.07. The van der Waals surface area contributed by atoms with Crippen molar-refractivity contribution < 1.29 is 0 Å². The van der Waals surface area contributed by atoms with Crippen molar-refractivity contribution in [3.05, 3.63) is 102 Å². The maximum atomic E-state index is 4.12. The zero-order valence-electron chi connectivity index (χ0n) is 17.7. The molecule has 2 heteroatoms. The zero-order valence-corrected chi connectivity index (χ0v) is 17.7. The number of hydrogen-bond acceptors (Lipinski definition) is 2. The van der Waals surface area contributed by atoms with Gasteiger partial charge < -0.3 is 0 Å². The van der Waals surface area contributed by atoms with Crippen LogP contribution in [0.3, 0.4) is 0 Å². The molecule has 0 radical (unpaired) electrons. The first kappa shape index (κ1) is 18.5. The van der Waals surface area contributed by atoms with Crippen LogP contribution in [0.5, 0.6) is 0 Å². The van der Waals surface area contributed by atoms with Gasteiger partial charge in [-0.05, 0) is 89.6 Å². The van der Waals surface area contributed by atoms with E-state index in [0.717, 1.165) is 16.8 Å². The third-order valence-corrected chi connectivity index (χ3v) is 6.86. The second kappa shape index (κ2) is 7.77.